The third-order valence-corrected chi connectivity index (χ3v) is 8.33. The van der Waals surface area contributed by atoms with Gasteiger partial charge in [0.2, 0.25) is 0 Å². The van der Waals surface area contributed by atoms with Gasteiger partial charge in [0.25, 0.3) is 0 Å². The predicted molar refractivity (Wildman–Crippen MR) is 217 cm³/mol. The lowest BCUT2D eigenvalue weighted by molar-refractivity contribution is -0.0291. The van der Waals surface area contributed by atoms with Gasteiger partial charge in [0.05, 0.1) is 165 Å². The zero-order chi connectivity index (χ0) is 40.2. The minimum atomic E-state index is -0.474. The Balaban J connectivity index is 3.05. The lowest BCUT2D eigenvalue weighted by Crippen LogP contribution is -2.15. The first-order valence-electron chi connectivity index (χ1n) is 22.0. The number of unbranched alkanes of at least 4 members (excludes halogenated alkanes) is 13. The molecule has 0 aliphatic carbocycles. The van der Waals surface area contributed by atoms with E-state index in [1.165, 1.54) is 83.5 Å². The van der Waals surface area contributed by atoms with E-state index in [2.05, 4.69) is 6.92 Å². The highest BCUT2D eigenvalue weighted by molar-refractivity contribution is 4.49. The maximum Gasteiger partial charge on any atom is 0.113 e. The Morgan fingerprint density at radius 1 is 0.196 bits per heavy atom. The van der Waals surface area contributed by atoms with Gasteiger partial charge in [0.1, 0.15) is 6.67 Å². The van der Waals surface area contributed by atoms with Crippen LogP contribution in [0.2, 0.25) is 0 Å². The standard InChI is InChI=1S/C42H85FO13/c1-2-3-4-5-6-7-8-9-10-11-12-13-14-15-17-44-19-21-46-23-25-48-27-29-50-31-33-52-35-37-54-39-41-56-42-40-55-38-36-53-34-32-51-30-28-49-26-24-47-22-20-45-18-16-43/h2-42H2,1H3. The van der Waals surface area contributed by atoms with Gasteiger partial charge in [-0.1, -0.05) is 90.4 Å². The topological polar surface area (TPSA) is 120 Å². The van der Waals surface area contributed by atoms with Crippen molar-refractivity contribution in [3.05, 3.63) is 0 Å². The number of hydrogen-bond acceptors (Lipinski definition) is 13. The predicted octanol–water partition coefficient (Wildman–Crippen LogP) is 6.65. The van der Waals surface area contributed by atoms with Crippen LogP contribution in [0.4, 0.5) is 4.39 Å². The fourth-order valence-corrected chi connectivity index (χ4v) is 5.19. The SMILES string of the molecule is CCCCCCCCCCCCCCCCOCCOCCOCCOCCOCCOCCOCCOCCOCCOCCOCCOCCOCCF. The molecule has 0 aliphatic rings. The first kappa shape index (κ1) is 55.4. The summed E-state index contributed by atoms with van der Waals surface area (Å²) >= 11 is 0. The summed E-state index contributed by atoms with van der Waals surface area (Å²) < 4.78 is 82.7. The van der Waals surface area contributed by atoms with Gasteiger partial charge in [-0.05, 0) is 6.42 Å². The van der Waals surface area contributed by atoms with Crippen LogP contribution in [0.3, 0.4) is 0 Å². The van der Waals surface area contributed by atoms with Crippen LogP contribution in [-0.4, -0.2) is 178 Å². The van der Waals surface area contributed by atoms with Gasteiger partial charge < -0.3 is 61.6 Å². The maximum atomic E-state index is 11.8. The van der Waals surface area contributed by atoms with Crippen LogP contribution in [-0.2, 0) is 61.6 Å². The maximum absolute atomic E-state index is 11.8. The molecule has 0 N–H and O–H groups in total. The Kier molecular flexibility index (Phi) is 53.8. The van der Waals surface area contributed by atoms with Crippen LogP contribution in [0.25, 0.3) is 0 Å². The van der Waals surface area contributed by atoms with Gasteiger partial charge in [0.15, 0.2) is 0 Å². The molecule has 14 heteroatoms. The van der Waals surface area contributed by atoms with Crippen molar-refractivity contribution in [2.24, 2.45) is 0 Å². The molecule has 0 aromatic carbocycles. The monoisotopic (exact) mass is 817 g/mol. The summed E-state index contributed by atoms with van der Waals surface area (Å²) in [6.07, 6.45) is 19.2. The van der Waals surface area contributed by atoms with E-state index in [0.29, 0.717) is 159 Å². The Morgan fingerprint density at radius 2 is 0.357 bits per heavy atom. The zero-order valence-corrected chi connectivity index (χ0v) is 35.7. The molecule has 0 rings (SSSR count). The van der Waals surface area contributed by atoms with Gasteiger partial charge in [-0.3, -0.25) is 0 Å². The molecule has 0 fully saturated rings. The highest BCUT2D eigenvalue weighted by atomic mass is 19.1. The summed E-state index contributed by atoms with van der Waals surface area (Å²) in [5.41, 5.74) is 0. The van der Waals surface area contributed by atoms with Crippen LogP contribution in [0.1, 0.15) is 96.8 Å². The van der Waals surface area contributed by atoms with Crippen LogP contribution in [0.15, 0.2) is 0 Å². The minimum Gasteiger partial charge on any atom is -0.379 e. The summed E-state index contributed by atoms with van der Waals surface area (Å²) in [6.45, 7) is 15.0. The smallest absolute Gasteiger partial charge is 0.113 e. The molecule has 13 nitrogen and oxygen atoms in total. The molecular formula is C42H85FO13. The first-order valence-corrected chi connectivity index (χ1v) is 22.0. The number of hydrogen-bond donors (Lipinski definition) is 0. The quantitative estimate of drug-likeness (QED) is 0.0610. The van der Waals surface area contributed by atoms with E-state index >= 15 is 0 Å². The fourth-order valence-electron chi connectivity index (χ4n) is 5.19. The summed E-state index contributed by atoms with van der Waals surface area (Å²) in [7, 11) is 0. The van der Waals surface area contributed by atoms with Gasteiger partial charge in [-0.25, -0.2) is 4.39 Å². The second kappa shape index (κ2) is 54.4. The lowest BCUT2D eigenvalue weighted by atomic mass is 10.0. The normalized spacial score (nSPS) is 11.7. The van der Waals surface area contributed by atoms with Crippen molar-refractivity contribution >= 4 is 0 Å². The molecule has 0 aromatic rings. The van der Waals surface area contributed by atoms with Crippen LogP contribution < -0.4 is 0 Å². The molecule has 0 atom stereocenters. The summed E-state index contributed by atoms with van der Waals surface area (Å²) in [5, 5.41) is 0. The number of ether oxygens (including phenoxy) is 13. The molecule has 338 valence electrons. The number of rotatable bonds is 53. The van der Waals surface area contributed by atoms with Crippen LogP contribution in [0.5, 0.6) is 0 Å². The van der Waals surface area contributed by atoms with E-state index in [1.54, 1.807) is 0 Å². The van der Waals surface area contributed by atoms with E-state index in [-0.39, 0.29) is 6.61 Å². The minimum absolute atomic E-state index is 0.114. The second-order valence-electron chi connectivity index (χ2n) is 13.2. The van der Waals surface area contributed by atoms with Crippen LogP contribution >= 0.6 is 0 Å². The largest absolute Gasteiger partial charge is 0.379 e. The van der Waals surface area contributed by atoms with Crippen molar-refractivity contribution in [3.63, 3.8) is 0 Å². The molecule has 0 spiro atoms. The fraction of sp³-hybridized carbons (Fsp3) is 1.00. The van der Waals surface area contributed by atoms with Gasteiger partial charge in [0, 0.05) is 6.61 Å². The first-order chi connectivity index (χ1) is 27.9. The summed E-state index contributed by atoms with van der Waals surface area (Å²) in [4.78, 5) is 0. The molecule has 56 heavy (non-hydrogen) atoms. The number of alkyl halides is 1. The van der Waals surface area contributed by atoms with E-state index in [4.69, 9.17) is 61.6 Å². The lowest BCUT2D eigenvalue weighted by Gasteiger charge is -2.09. The molecular weight excluding hydrogens is 731 g/mol. The van der Waals surface area contributed by atoms with E-state index < -0.39 is 6.67 Å². The van der Waals surface area contributed by atoms with Crippen molar-refractivity contribution in [1.29, 1.82) is 0 Å². The highest BCUT2D eigenvalue weighted by Gasteiger charge is 1.98. The summed E-state index contributed by atoms with van der Waals surface area (Å²) in [5.74, 6) is 0. The number of halogens is 1. The molecule has 0 saturated carbocycles. The van der Waals surface area contributed by atoms with E-state index in [9.17, 15) is 4.39 Å². The molecule has 0 heterocycles. The Labute approximate surface area is 340 Å². The van der Waals surface area contributed by atoms with Crippen molar-refractivity contribution < 1.29 is 66.0 Å². The molecule has 0 bridgehead atoms. The van der Waals surface area contributed by atoms with Crippen molar-refractivity contribution in [2.75, 3.05) is 178 Å². The third kappa shape index (κ3) is 53.4. The van der Waals surface area contributed by atoms with E-state index in [1.807, 2.05) is 0 Å². The van der Waals surface area contributed by atoms with Gasteiger partial charge >= 0.3 is 0 Å². The molecule has 0 aromatic heterocycles. The van der Waals surface area contributed by atoms with Crippen molar-refractivity contribution in [1.82, 2.24) is 0 Å². The van der Waals surface area contributed by atoms with Gasteiger partial charge in [-0.15, -0.1) is 0 Å². The summed E-state index contributed by atoms with van der Waals surface area (Å²) in [6, 6.07) is 0. The molecule has 0 amide bonds. The Hall–Kier alpha value is -0.590. The third-order valence-electron chi connectivity index (χ3n) is 8.33. The van der Waals surface area contributed by atoms with Crippen molar-refractivity contribution in [2.45, 2.75) is 96.8 Å². The highest BCUT2D eigenvalue weighted by Crippen LogP contribution is 2.13. The molecule has 0 saturated heterocycles. The molecule has 0 aliphatic heterocycles. The average Bonchev–Trinajstić information content (AvgIpc) is 3.21. The second-order valence-corrected chi connectivity index (χ2v) is 13.2. The Bertz CT molecular complexity index is 618. The van der Waals surface area contributed by atoms with E-state index in [0.717, 1.165) is 13.0 Å². The molecule has 0 radical (unpaired) electrons. The average molecular weight is 817 g/mol. The van der Waals surface area contributed by atoms with Crippen LogP contribution in [0, 0.1) is 0 Å². The Morgan fingerprint density at radius 3 is 0.554 bits per heavy atom. The molecule has 0 unspecified atom stereocenters. The van der Waals surface area contributed by atoms with Crippen molar-refractivity contribution in [3.8, 4) is 0 Å². The zero-order valence-electron chi connectivity index (χ0n) is 35.7. The van der Waals surface area contributed by atoms with Gasteiger partial charge in [-0.2, -0.15) is 0 Å².